The number of carbonyl (C=O) groups is 1. The van der Waals surface area contributed by atoms with E-state index in [0.29, 0.717) is 25.1 Å². The lowest BCUT2D eigenvalue weighted by atomic mass is 9.76. The van der Waals surface area contributed by atoms with Crippen LogP contribution in [-0.2, 0) is 4.74 Å². The van der Waals surface area contributed by atoms with Gasteiger partial charge in [-0.2, -0.15) is 0 Å². The van der Waals surface area contributed by atoms with Gasteiger partial charge < -0.3 is 15.8 Å². The molecule has 1 fully saturated rings. The fourth-order valence-corrected chi connectivity index (χ4v) is 2.47. The largest absolute Gasteiger partial charge is 0.448 e. The van der Waals surface area contributed by atoms with Crippen LogP contribution in [0.5, 0.6) is 0 Å². The van der Waals surface area contributed by atoms with E-state index in [-0.39, 0.29) is 0 Å². The highest BCUT2D eigenvalue weighted by Gasteiger charge is 2.29. The molecule has 1 aromatic carbocycles. The standard InChI is InChI=1S/C13H17BrN2O2/c14-11-3-1-9(2-4-11)10-7-12(8-10)16-5-6-18-13(15)17/h1-4,10,12,16H,5-8H2,(H2,15,17). The molecule has 4 nitrogen and oxygen atoms in total. The number of primary amides is 1. The monoisotopic (exact) mass is 312 g/mol. The number of hydrogen-bond acceptors (Lipinski definition) is 3. The fourth-order valence-electron chi connectivity index (χ4n) is 2.21. The Morgan fingerprint density at radius 1 is 1.39 bits per heavy atom. The predicted octanol–water partition coefficient (Wildman–Crippen LogP) is 2.38. The molecular weight excluding hydrogens is 296 g/mol. The van der Waals surface area contributed by atoms with Gasteiger partial charge in [0.2, 0.25) is 0 Å². The first-order chi connectivity index (χ1) is 8.65. The number of nitrogens with one attached hydrogen (secondary N) is 1. The Morgan fingerprint density at radius 2 is 2.06 bits per heavy atom. The van der Waals surface area contributed by atoms with E-state index in [1.54, 1.807) is 0 Å². The molecule has 1 aromatic rings. The number of hydrogen-bond donors (Lipinski definition) is 2. The van der Waals surface area contributed by atoms with Gasteiger partial charge in [0.1, 0.15) is 6.61 Å². The van der Waals surface area contributed by atoms with Gasteiger partial charge in [-0.05, 0) is 36.5 Å². The molecule has 0 heterocycles. The Kier molecular flexibility index (Phi) is 4.60. The summed E-state index contributed by atoms with van der Waals surface area (Å²) in [4.78, 5) is 10.4. The van der Waals surface area contributed by atoms with Crippen LogP contribution in [0.4, 0.5) is 4.79 Å². The lowest BCUT2D eigenvalue weighted by Crippen LogP contribution is -2.41. The smallest absolute Gasteiger partial charge is 0.404 e. The van der Waals surface area contributed by atoms with Gasteiger partial charge in [-0.25, -0.2) is 4.79 Å². The normalized spacial score (nSPS) is 22.3. The molecule has 0 spiro atoms. The molecular formula is C13H17BrN2O2. The molecule has 1 amide bonds. The Balaban J connectivity index is 1.64. The van der Waals surface area contributed by atoms with E-state index in [0.717, 1.165) is 17.3 Å². The van der Waals surface area contributed by atoms with E-state index in [1.165, 1.54) is 5.56 Å². The molecule has 1 aliphatic carbocycles. The highest BCUT2D eigenvalue weighted by atomic mass is 79.9. The fraction of sp³-hybridized carbons (Fsp3) is 0.462. The van der Waals surface area contributed by atoms with Crippen LogP contribution >= 0.6 is 15.9 Å². The highest BCUT2D eigenvalue weighted by molar-refractivity contribution is 9.10. The van der Waals surface area contributed by atoms with E-state index < -0.39 is 6.09 Å². The molecule has 1 aliphatic rings. The van der Waals surface area contributed by atoms with Crippen LogP contribution in [-0.4, -0.2) is 25.3 Å². The van der Waals surface area contributed by atoms with Gasteiger partial charge in [-0.1, -0.05) is 28.1 Å². The second-order valence-electron chi connectivity index (χ2n) is 4.54. The van der Waals surface area contributed by atoms with Crippen LogP contribution < -0.4 is 11.1 Å². The SMILES string of the molecule is NC(=O)OCCNC1CC(c2ccc(Br)cc2)C1. The summed E-state index contributed by atoms with van der Waals surface area (Å²) in [5.41, 5.74) is 6.27. The molecule has 0 atom stereocenters. The van der Waals surface area contributed by atoms with Crippen LogP contribution in [0.15, 0.2) is 28.7 Å². The molecule has 98 valence electrons. The van der Waals surface area contributed by atoms with Gasteiger partial charge in [-0.15, -0.1) is 0 Å². The topological polar surface area (TPSA) is 64.4 Å². The van der Waals surface area contributed by atoms with Crippen LogP contribution in [0.1, 0.15) is 24.3 Å². The van der Waals surface area contributed by atoms with Crippen molar-refractivity contribution in [1.29, 1.82) is 0 Å². The van der Waals surface area contributed by atoms with E-state index in [9.17, 15) is 4.79 Å². The molecule has 3 N–H and O–H groups in total. The van der Waals surface area contributed by atoms with Crippen LogP contribution in [0.25, 0.3) is 0 Å². The van der Waals surface area contributed by atoms with Crippen molar-refractivity contribution in [1.82, 2.24) is 5.32 Å². The van der Waals surface area contributed by atoms with Gasteiger partial charge in [0.05, 0.1) is 0 Å². The van der Waals surface area contributed by atoms with Crippen LogP contribution in [0.3, 0.4) is 0 Å². The van der Waals surface area contributed by atoms with Gasteiger partial charge >= 0.3 is 6.09 Å². The molecule has 5 heteroatoms. The number of ether oxygens (including phenoxy) is 1. The lowest BCUT2D eigenvalue weighted by Gasteiger charge is -2.36. The van der Waals surface area contributed by atoms with Crippen molar-refractivity contribution in [2.45, 2.75) is 24.8 Å². The number of rotatable bonds is 5. The lowest BCUT2D eigenvalue weighted by molar-refractivity contribution is 0.152. The number of halogens is 1. The molecule has 0 saturated heterocycles. The minimum Gasteiger partial charge on any atom is -0.448 e. The first-order valence-electron chi connectivity index (χ1n) is 6.06. The maximum Gasteiger partial charge on any atom is 0.404 e. The summed E-state index contributed by atoms with van der Waals surface area (Å²) >= 11 is 3.44. The third kappa shape index (κ3) is 3.71. The number of nitrogens with two attached hydrogens (primary N) is 1. The van der Waals surface area contributed by atoms with Crippen molar-refractivity contribution < 1.29 is 9.53 Å². The van der Waals surface area contributed by atoms with E-state index in [4.69, 9.17) is 5.73 Å². The molecule has 0 aromatic heterocycles. The predicted molar refractivity (Wildman–Crippen MR) is 73.4 cm³/mol. The van der Waals surface area contributed by atoms with Gasteiger partial charge in [0.15, 0.2) is 0 Å². The van der Waals surface area contributed by atoms with E-state index in [1.807, 2.05) is 0 Å². The maximum absolute atomic E-state index is 10.4. The summed E-state index contributed by atoms with van der Waals surface area (Å²) in [5.74, 6) is 0.646. The Bertz CT molecular complexity index is 402. The van der Waals surface area contributed by atoms with Crippen molar-refractivity contribution in [2.24, 2.45) is 5.73 Å². The van der Waals surface area contributed by atoms with Gasteiger partial charge in [0.25, 0.3) is 0 Å². The van der Waals surface area contributed by atoms with Crippen LogP contribution in [0.2, 0.25) is 0 Å². The zero-order valence-electron chi connectivity index (χ0n) is 10.1. The molecule has 1 saturated carbocycles. The summed E-state index contributed by atoms with van der Waals surface area (Å²) in [7, 11) is 0. The molecule has 0 radical (unpaired) electrons. The van der Waals surface area contributed by atoms with Crippen molar-refractivity contribution in [3.63, 3.8) is 0 Å². The molecule has 0 bridgehead atoms. The van der Waals surface area contributed by atoms with Crippen molar-refractivity contribution in [2.75, 3.05) is 13.2 Å². The summed E-state index contributed by atoms with van der Waals surface area (Å²) in [6, 6.07) is 9.02. The van der Waals surface area contributed by atoms with Crippen molar-refractivity contribution in [3.8, 4) is 0 Å². The highest BCUT2D eigenvalue weighted by Crippen LogP contribution is 2.37. The van der Waals surface area contributed by atoms with Crippen molar-refractivity contribution in [3.05, 3.63) is 34.3 Å². The summed E-state index contributed by atoms with van der Waals surface area (Å²) in [5, 5.41) is 3.34. The van der Waals surface area contributed by atoms with Gasteiger partial charge in [0, 0.05) is 17.1 Å². The third-order valence-corrected chi connectivity index (χ3v) is 3.79. The van der Waals surface area contributed by atoms with E-state index >= 15 is 0 Å². The Hall–Kier alpha value is -1.07. The minimum absolute atomic E-state index is 0.342. The molecule has 18 heavy (non-hydrogen) atoms. The number of carbonyl (C=O) groups excluding carboxylic acids is 1. The van der Waals surface area contributed by atoms with Crippen molar-refractivity contribution >= 4 is 22.0 Å². The maximum atomic E-state index is 10.4. The summed E-state index contributed by atoms with van der Waals surface area (Å²) in [6.07, 6.45) is 1.56. The Morgan fingerprint density at radius 3 is 2.67 bits per heavy atom. The zero-order chi connectivity index (χ0) is 13.0. The number of amides is 1. The molecule has 0 unspecified atom stereocenters. The average molecular weight is 313 g/mol. The second-order valence-corrected chi connectivity index (χ2v) is 5.45. The summed E-state index contributed by atoms with van der Waals surface area (Å²) in [6.45, 7) is 1.01. The van der Waals surface area contributed by atoms with Gasteiger partial charge in [-0.3, -0.25) is 0 Å². The Labute approximate surface area is 115 Å². The summed E-state index contributed by atoms with van der Waals surface area (Å²) < 4.78 is 5.77. The first kappa shape index (κ1) is 13.4. The molecule has 2 rings (SSSR count). The first-order valence-corrected chi connectivity index (χ1v) is 6.85. The third-order valence-electron chi connectivity index (χ3n) is 3.26. The number of benzene rings is 1. The van der Waals surface area contributed by atoms with E-state index in [2.05, 4.69) is 50.2 Å². The molecule has 0 aliphatic heterocycles. The quantitative estimate of drug-likeness (QED) is 0.820. The minimum atomic E-state index is -0.710. The zero-order valence-corrected chi connectivity index (χ0v) is 11.7. The average Bonchev–Trinajstić information content (AvgIpc) is 2.28. The second kappa shape index (κ2) is 6.20. The van der Waals surface area contributed by atoms with Crippen LogP contribution in [0, 0.1) is 0 Å².